The molecule has 5 nitrogen and oxygen atoms in total. The first kappa shape index (κ1) is 11.7. The highest BCUT2D eigenvalue weighted by atomic mass is 16.5. The van der Waals surface area contributed by atoms with E-state index in [4.69, 9.17) is 4.74 Å². The molecule has 0 fully saturated rings. The van der Waals surface area contributed by atoms with Crippen molar-refractivity contribution in [3.05, 3.63) is 18.0 Å². The third-order valence-electron chi connectivity index (χ3n) is 2.10. The second kappa shape index (κ2) is 6.19. The van der Waals surface area contributed by atoms with Gasteiger partial charge in [0, 0.05) is 13.3 Å². The molecule has 0 aromatic carbocycles. The lowest BCUT2D eigenvalue weighted by atomic mass is 10.1. The van der Waals surface area contributed by atoms with Gasteiger partial charge in [-0.2, -0.15) is 5.10 Å². The van der Waals surface area contributed by atoms with Crippen molar-refractivity contribution in [1.29, 1.82) is 0 Å². The van der Waals surface area contributed by atoms with Crippen molar-refractivity contribution in [3.8, 4) is 0 Å². The monoisotopic (exact) mass is 211 g/mol. The Balaban J connectivity index is 2.47. The maximum absolute atomic E-state index is 11.6. The Kier molecular flexibility index (Phi) is 4.83. The van der Waals surface area contributed by atoms with Crippen LogP contribution in [0.2, 0.25) is 0 Å². The van der Waals surface area contributed by atoms with Crippen LogP contribution in [0.1, 0.15) is 30.1 Å². The average Bonchev–Trinajstić information content (AvgIpc) is 2.71. The maximum Gasteiger partial charge on any atom is 0.254 e. The van der Waals surface area contributed by atoms with Gasteiger partial charge in [0.25, 0.3) is 5.91 Å². The summed E-state index contributed by atoms with van der Waals surface area (Å²) in [6.45, 7) is 2.62. The number of methoxy groups -OCH3 is 1. The zero-order valence-corrected chi connectivity index (χ0v) is 9.12. The summed E-state index contributed by atoms with van der Waals surface area (Å²) in [6, 6.07) is 0.0717. The van der Waals surface area contributed by atoms with Crippen LogP contribution in [0.25, 0.3) is 0 Å². The lowest BCUT2D eigenvalue weighted by Crippen LogP contribution is -2.37. The Bertz CT molecular complexity index is 279. The smallest absolute Gasteiger partial charge is 0.254 e. The van der Waals surface area contributed by atoms with E-state index in [-0.39, 0.29) is 11.9 Å². The van der Waals surface area contributed by atoms with Crippen LogP contribution >= 0.6 is 0 Å². The van der Waals surface area contributed by atoms with Gasteiger partial charge in [-0.25, -0.2) is 0 Å². The SMILES string of the molecule is CCCC(COC)NC(=O)c1cn[nH]c1. The molecule has 15 heavy (non-hydrogen) atoms. The van der Waals surface area contributed by atoms with Crippen LogP contribution in [-0.4, -0.2) is 35.9 Å². The van der Waals surface area contributed by atoms with E-state index in [2.05, 4.69) is 22.4 Å². The Morgan fingerprint density at radius 2 is 2.53 bits per heavy atom. The Morgan fingerprint density at radius 1 is 1.73 bits per heavy atom. The molecule has 0 spiro atoms. The number of hydrogen-bond acceptors (Lipinski definition) is 3. The van der Waals surface area contributed by atoms with E-state index in [0.717, 1.165) is 12.8 Å². The molecule has 1 amide bonds. The molecule has 0 saturated carbocycles. The van der Waals surface area contributed by atoms with Crippen molar-refractivity contribution in [3.63, 3.8) is 0 Å². The van der Waals surface area contributed by atoms with Gasteiger partial charge in [-0.3, -0.25) is 9.89 Å². The van der Waals surface area contributed by atoms with Gasteiger partial charge in [-0.05, 0) is 6.42 Å². The first-order valence-corrected chi connectivity index (χ1v) is 5.06. The van der Waals surface area contributed by atoms with Crippen LogP contribution in [0.3, 0.4) is 0 Å². The van der Waals surface area contributed by atoms with Crippen LogP contribution in [-0.2, 0) is 4.74 Å². The highest BCUT2D eigenvalue weighted by Crippen LogP contribution is 2.00. The highest BCUT2D eigenvalue weighted by Gasteiger charge is 2.13. The summed E-state index contributed by atoms with van der Waals surface area (Å²) < 4.78 is 5.04. The molecule has 84 valence electrons. The third-order valence-corrected chi connectivity index (χ3v) is 2.10. The Morgan fingerprint density at radius 3 is 3.07 bits per heavy atom. The lowest BCUT2D eigenvalue weighted by molar-refractivity contribution is 0.0891. The first-order valence-electron chi connectivity index (χ1n) is 5.06. The Labute approximate surface area is 89.2 Å². The number of nitrogens with zero attached hydrogens (tertiary/aromatic N) is 1. The number of nitrogens with one attached hydrogen (secondary N) is 2. The molecule has 5 heteroatoms. The minimum absolute atomic E-state index is 0.0717. The van der Waals surface area contributed by atoms with E-state index < -0.39 is 0 Å². The normalized spacial score (nSPS) is 12.4. The number of amides is 1. The number of hydrogen-bond donors (Lipinski definition) is 2. The number of carbonyl (C=O) groups excluding carboxylic acids is 1. The summed E-state index contributed by atoms with van der Waals surface area (Å²) in [5, 5.41) is 9.23. The van der Waals surface area contributed by atoms with Gasteiger partial charge in [0.2, 0.25) is 0 Å². The first-order chi connectivity index (χ1) is 7.27. The number of H-pyrrole nitrogens is 1. The fraction of sp³-hybridized carbons (Fsp3) is 0.600. The summed E-state index contributed by atoms with van der Waals surface area (Å²) in [7, 11) is 1.63. The summed E-state index contributed by atoms with van der Waals surface area (Å²) in [5.41, 5.74) is 0.548. The van der Waals surface area contributed by atoms with E-state index in [1.54, 1.807) is 13.3 Å². The van der Waals surface area contributed by atoms with Crippen molar-refractivity contribution >= 4 is 5.91 Å². The van der Waals surface area contributed by atoms with Gasteiger partial charge in [0.05, 0.1) is 24.4 Å². The van der Waals surface area contributed by atoms with Crippen LogP contribution in [0.4, 0.5) is 0 Å². The number of aromatic nitrogens is 2. The van der Waals surface area contributed by atoms with Gasteiger partial charge < -0.3 is 10.1 Å². The summed E-state index contributed by atoms with van der Waals surface area (Å²) in [5.74, 6) is -0.112. The number of rotatable bonds is 6. The molecule has 0 bridgehead atoms. The summed E-state index contributed by atoms with van der Waals surface area (Å²) in [6.07, 6.45) is 5.01. The quantitative estimate of drug-likeness (QED) is 0.736. The molecular formula is C10H17N3O2. The maximum atomic E-state index is 11.6. The molecule has 1 aromatic heterocycles. The van der Waals surface area contributed by atoms with Crippen LogP contribution in [0, 0.1) is 0 Å². The molecule has 1 heterocycles. The summed E-state index contributed by atoms with van der Waals surface area (Å²) in [4.78, 5) is 11.6. The van der Waals surface area contributed by atoms with Gasteiger partial charge >= 0.3 is 0 Å². The van der Waals surface area contributed by atoms with Crippen molar-refractivity contribution in [1.82, 2.24) is 15.5 Å². The average molecular weight is 211 g/mol. The van der Waals surface area contributed by atoms with Crippen molar-refractivity contribution in [2.24, 2.45) is 0 Å². The highest BCUT2D eigenvalue weighted by molar-refractivity contribution is 5.93. The zero-order valence-electron chi connectivity index (χ0n) is 9.12. The zero-order chi connectivity index (χ0) is 11.1. The predicted octanol–water partition coefficient (Wildman–Crippen LogP) is 0.955. The third kappa shape index (κ3) is 3.71. The van der Waals surface area contributed by atoms with Gasteiger partial charge in [-0.15, -0.1) is 0 Å². The molecule has 1 aromatic rings. The topological polar surface area (TPSA) is 67.0 Å². The minimum Gasteiger partial charge on any atom is -0.383 e. The lowest BCUT2D eigenvalue weighted by Gasteiger charge is -2.16. The fourth-order valence-electron chi connectivity index (χ4n) is 1.39. The number of carbonyl (C=O) groups is 1. The van der Waals surface area contributed by atoms with Gasteiger partial charge in [-0.1, -0.05) is 13.3 Å². The second-order valence-corrected chi connectivity index (χ2v) is 3.40. The van der Waals surface area contributed by atoms with Crippen molar-refractivity contribution in [2.75, 3.05) is 13.7 Å². The number of aromatic amines is 1. The molecule has 0 radical (unpaired) electrons. The van der Waals surface area contributed by atoms with E-state index in [0.29, 0.717) is 12.2 Å². The van der Waals surface area contributed by atoms with Gasteiger partial charge in [0.1, 0.15) is 0 Å². The molecule has 1 unspecified atom stereocenters. The van der Waals surface area contributed by atoms with Crippen molar-refractivity contribution in [2.45, 2.75) is 25.8 Å². The van der Waals surface area contributed by atoms with Crippen molar-refractivity contribution < 1.29 is 9.53 Å². The standard InChI is InChI=1S/C10H17N3O2/c1-3-4-9(7-15-2)13-10(14)8-5-11-12-6-8/h5-6,9H,3-4,7H2,1-2H3,(H,11,12)(H,13,14). The molecule has 0 aliphatic heterocycles. The molecular weight excluding hydrogens is 194 g/mol. The Hall–Kier alpha value is -1.36. The number of ether oxygens (including phenoxy) is 1. The predicted molar refractivity (Wildman–Crippen MR) is 56.6 cm³/mol. The van der Waals surface area contributed by atoms with E-state index in [1.807, 2.05) is 0 Å². The van der Waals surface area contributed by atoms with E-state index >= 15 is 0 Å². The molecule has 1 rings (SSSR count). The van der Waals surface area contributed by atoms with E-state index in [9.17, 15) is 4.79 Å². The van der Waals surface area contributed by atoms with Crippen LogP contribution < -0.4 is 5.32 Å². The molecule has 0 aliphatic carbocycles. The molecule has 0 aliphatic rings. The van der Waals surface area contributed by atoms with Crippen LogP contribution in [0.5, 0.6) is 0 Å². The van der Waals surface area contributed by atoms with Gasteiger partial charge in [0.15, 0.2) is 0 Å². The minimum atomic E-state index is -0.112. The van der Waals surface area contributed by atoms with E-state index in [1.165, 1.54) is 6.20 Å². The largest absolute Gasteiger partial charge is 0.383 e. The second-order valence-electron chi connectivity index (χ2n) is 3.40. The molecule has 0 saturated heterocycles. The fourth-order valence-corrected chi connectivity index (χ4v) is 1.39. The summed E-state index contributed by atoms with van der Waals surface area (Å²) >= 11 is 0. The molecule has 1 atom stereocenters. The molecule has 2 N–H and O–H groups in total. The van der Waals surface area contributed by atoms with Crippen LogP contribution in [0.15, 0.2) is 12.4 Å².